The minimum absolute atomic E-state index is 0.126. The van der Waals surface area contributed by atoms with Crippen molar-refractivity contribution >= 4 is 21.7 Å². The van der Waals surface area contributed by atoms with Crippen LogP contribution in [-0.4, -0.2) is 17.4 Å². The number of aromatic nitrogens is 1. The van der Waals surface area contributed by atoms with Crippen molar-refractivity contribution in [3.05, 3.63) is 58.3 Å². The molecule has 98 valence electrons. The topological polar surface area (TPSA) is 39.2 Å². The number of para-hydroxylation sites is 1. The van der Waals surface area contributed by atoms with Gasteiger partial charge in [-0.3, -0.25) is 9.78 Å². The highest BCUT2D eigenvalue weighted by Gasteiger charge is 2.15. The van der Waals surface area contributed by atoms with E-state index in [1.165, 1.54) is 0 Å². The molecule has 0 saturated carbocycles. The molecule has 0 atom stereocenters. The maximum absolute atomic E-state index is 12.4. The molecule has 1 aromatic carbocycles. The molecule has 1 aromatic heterocycles. The summed E-state index contributed by atoms with van der Waals surface area (Å²) in [6, 6.07) is 10.7. The number of pyridine rings is 1. The predicted octanol–water partition coefficient (Wildman–Crippen LogP) is 3.86. The third-order valence-corrected chi connectivity index (χ3v) is 3.02. The summed E-state index contributed by atoms with van der Waals surface area (Å²) in [5, 5.41) is 0. The zero-order valence-electron chi connectivity index (χ0n) is 10.6. The highest BCUT2D eigenvalue weighted by atomic mass is 79.9. The zero-order chi connectivity index (χ0) is 13.7. The molecule has 3 nitrogen and oxygen atoms in total. The highest BCUT2D eigenvalue weighted by molar-refractivity contribution is 9.10. The van der Waals surface area contributed by atoms with Crippen LogP contribution in [0.2, 0.25) is 0 Å². The third kappa shape index (κ3) is 3.41. The Hall–Kier alpha value is -1.68. The lowest BCUT2D eigenvalue weighted by molar-refractivity contribution is 0.103. The molecule has 0 bridgehead atoms. The van der Waals surface area contributed by atoms with Gasteiger partial charge in [0.05, 0.1) is 12.2 Å². The number of benzene rings is 1. The third-order valence-electron chi connectivity index (χ3n) is 2.55. The molecule has 2 aromatic rings. The fourth-order valence-corrected chi connectivity index (χ4v) is 1.87. The van der Waals surface area contributed by atoms with Crippen molar-refractivity contribution in [2.75, 3.05) is 6.61 Å². The number of ether oxygens (including phenoxy) is 1. The number of halogens is 1. The second-order valence-corrected chi connectivity index (χ2v) is 4.95. The average molecular weight is 320 g/mol. The molecule has 2 rings (SSSR count). The van der Waals surface area contributed by atoms with Crippen LogP contribution in [0.5, 0.6) is 5.75 Å². The fraction of sp³-hybridized carbons (Fsp3) is 0.200. The fourth-order valence-electron chi connectivity index (χ4n) is 1.64. The Kier molecular flexibility index (Phi) is 4.68. The molecule has 19 heavy (non-hydrogen) atoms. The van der Waals surface area contributed by atoms with Crippen molar-refractivity contribution in [2.45, 2.75) is 13.3 Å². The summed E-state index contributed by atoms with van der Waals surface area (Å²) in [7, 11) is 0. The van der Waals surface area contributed by atoms with Gasteiger partial charge in [-0.2, -0.15) is 0 Å². The quantitative estimate of drug-likeness (QED) is 0.785. The van der Waals surface area contributed by atoms with Gasteiger partial charge < -0.3 is 4.74 Å². The van der Waals surface area contributed by atoms with E-state index in [-0.39, 0.29) is 5.78 Å². The minimum Gasteiger partial charge on any atom is -0.493 e. The number of rotatable bonds is 5. The minimum atomic E-state index is -0.126. The van der Waals surface area contributed by atoms with Gasteiger partial charge in [-0.05, 0) is 46.6 Å². The van der Waals surface area contributed by atoms with Crippen LogP contribution in [0.3, 0.4) is 0 Å². The van der Waals surface area contributed by atoms with Gasteiger partial charge in [-0.15, -0.1) is 0 Å². The van der Waals surface area contributed by atoms with Crippen LogP contribution in [0.25, 0.3) is 0 Å². The van der Waals surface area contributed by atoms with Gasteiger partial charge in [0.1, 0.15) is 11.4 Å². The average Bonchev–Trinajstić information content (AvgIpc) is 2.45. The predicted molar refractivity (Wildman–Crippen MR) is 77.6 cm³/mol. The van der Waals surface area contributed by atoms with E-state index in [2.05, 4.69) is 20.9 Å². The molecule has 0 aliphatic heterocycles. The molecule has 4 heteroatoms. The second kappa shape index (κ2) is 6.48. The molecule has 0 N–H and O–H groups in total. The first-order chi connectivity index (χ1) is 9.22. The van der Waals surface area contributed by atoms with Gasteiger partial charge in [-0.25, -0.2) is 0 Å². The van der Waals surface area contributed by atoms with E-state index in [4.69, 9.17) is 4.74 Å². The Balaban J connectivity index is 2.30. The van der Waals surface area contributed by atoms with Gasteiger partial charge in [0.2, 0.25) is 5.78 Å². The van der Waals surface area contributed by atoms with Crippen molar-refractivity contribution in [2.24, 2.45) is 0 Å². The second-order valence-electron chi connectivity index (χ2n) is 4.04. The normalized spacial score (nSPS) is 10.2. The number of hydrogen-bond donors (Lipinski definition) is 0. The molecule has 0 spiro atoms. The van der Waals surface area contributed by atoms with Gasteiger partial charge in [-0.1, -0.05) is 19.1 Å². The van der Waals surface area contributed by atoms with Crippen LogP contribution in [0.1, 0.15) is 29.4 Å². The van der Waals surface area contributed by atoms with E-state index in [9.17, 15) is 4.79 Å². The number of carbonyl (C=O) groups excluding carboxylic acids is 1. The first kappa shape index (κ1) is 13.7. The number of carbonyl (C=O) groups is 1. The first-order valence-electron chi connectivity index (χ1n) is 6.10. The molecule has 0 aliphatic carbocycles. The summed E-state index contributed by atoms with van der Waals surface area (Å²) in [5.41, 5.74) is 0.960. The summed E-state index contributed by atoms with van der Waals surface area (Å²) in [4.78, 5) is 16.5. The number of nitrogens with zero attached hydrogens (tertiary/aromatic N) is 1. The Morgan fingerprint density at radius 3 is 2.74 bits per heavy atom. The number of hydrogen-bond acceptors (Lipinski definition) is 3. The van der Waals surface area contributed by atoms with Crippen LogP contribution < -0.4 is 4.74 Å². The molecular weight excluding hydrogens is 306 g/mol. The van der Waals surface area contributed by atoms with Gasteiger partial charge in [0.15, 0.2) is 0 Å². The Labute approximate surface area is 120 Å². The largest absolute Gasteiger partial charge is 0.493 e. The van der Waals surface area contributed by atoms with E-state index < -0.39 is 0 Å². The van der Waals surface area contributed by atoms with Crippen molar-refractivity contribution in [3.8, 4) is 5.75 Å². The molecule has 0 unspecified atom stereocenters. The Bertz CT molecular complexity index is 567. The SMILES string of the molecule is CCCOc1ccccc1C(=O)c1ccc(Br)cn1. The standard InChI is InChI=1S/C15H14BrNO2/c1-2-9-19-14-6-4-3-5-12(14)15(18)13-8-7-11(16)10-17-13/h3-8,10H,2,9H2,1H3. The Morgan fingerprint density at radius 1 is 1.26 bits per heavy atom. The van der Waals surface area contributed by atoms with Crippen molar-refractivity contribution in [3.63, 3.8) is 0 Å². The Morgan fingerprint density at radius 2 is 2.05 bits per heavy atom. The lowest BCUT2D eigenvalue weighted by atomic mass is 10.1. The molecule has 0 fully saturated rings. The van der Waals surface area contributed by atoms with Crippen LogP contribution in [0.4, 0.5) is 0 Å². The van der Waals surface area contributed by atoms with Crippen LogP contribution in [-0.2, 0) is 0 Å². The molecule has 0 saturated heterocycles. The van der Waals surface area contributed by atoms with E-state index in [1.54, 1.807) is 24.4 Å². The maximum atomic E-state index is 12.4. The van der Waals surface area contributed by atoms with E-state index >= 15 is 0 Å². The van der Waals surface area contributed by atoms with Gasteiger partial charge in [0, 0.05) is 10.7 Å². The molecule has 0 radical (unpaired) electrons. The maximum Gasteiger partial charge on any atom is 0.215 e. The first-order valence-corrected chi connectivity index (χ1v) is 6.89. The van der Waals surface area contributed by atoms with Crippen LogP contribution in [0.15, 0.2) is 47.1 Å². The van der Waals surface area contributed by atoms with Crippen molar-refractivity contribution in [1.29, 1.82) is 0 Å². The van der Waals surface area contributed by atoms with Crippen molar-refractivity contribution < 1.29 is 9.53 Å². The lowest BCUT2D eigenvalue weighted by Gasteiger charge is -2.09. The van der Waals surface area contributed by atoms with Crippen LogP contribution in [0, 0.1) is 0 Å². The zero-order valence-corrected chi connectivity index (χ0v) is 12.2. The van der Waals surface area contributed by atoms with E-state index in [0.717, 1.165) is 10.9 Å². The molecule has 1 heterocycles. The smallest absolute Gasteiger partial charge is 0.215 e. The van der Waals surface area contributed by atoms with Gasteiger partial charge >= 0.3 is 0 Å². The van der Waals surface area contributed by atoms with E-state index in [1.807, 2.05) is 25.1 Å². The molecule has 0 amide bonds. The highest BCUT2D eigenvalue weighted by Crippen LogP contribution is 2.21. The summed E-state index contributed by atoms with van der Waals surface area (Å²) in [6.07, 6.45) is 2.52. The summed E-state index contributed by atoms with van der Waals surface area (Å²) < 4.78 is 6.44. The molecule has 0 aliphatic rings. The molecular formula is C15H14BrNO2. The van der Waals surface area contributed by atoms with E-state index in [0.29, 0.717) is 23.6 Å². The van der Waals surface area contributed by atoms with Crippen molar-refractivity contribution in [1.82, 2.24) is 4.98 Å². The number of ketones is 1. The monoisotopic (exact) mass is 319 g/mol. The van der Waals surface area contributed by atoms with Gasteiger partial charge in [0.25, 0.3) is 0 Å². The van der Waals surface area contributed by atoms with Crippen LogP contribution >= 0.6 is 15.9 Å². The summed E-state index contributed by atoms with van der Waals surface area (Å²) in [6.45, 7) is 2.62. The lowest BCUT2D eigenvalue weighted by Crippen LogP contribution is -2.07. The summed E-state index contributed by atoms with van der Waals surface area (Å²) in [5.74, 6) is 0.485. The summed E-state index contributed by atoms with van der Waals surface area (Å²) >= 11 is 3.30.